The molecule has 0 spiro atoms. The maximum atomic E-state index is 10.7. The molecule has 0 heterocycles. The molecule has 0 aromatic carbocycles. The van der Waals surface area contributed by atoms with Crippen LogP contribution >= 0.6 is 0 Å². The first-order valence-corrected chi connectivity index (χ1v) is 4.54. The Hall–Kier alpha value is -0.370. The zero-order valence-electron chi connectivity index (χ0n) is 8.98. The molecule has 0 aliphatic heterocycles. The van der Waals surface area contributed by atoms with Crippen LogP contribution in [0.4, 0.5) is 0 Å². The molecular formula is C10H21NO. The predicted octanol–water partition coefficient (Wildman–Crippen LogP) is 2.09. The molecule has 12 heavy (non-hydrogen) atoms. The Labute approximate surface area is 75.9 Å². The zero-order valence-corrected chi connectivity index (χ0v) is 8.98. The van der Waals surface area contributed by atoms with E-state index < -0.39 is 0 Å². The summed E-state index contributed by atoms with van der Waals surface area (Å²) in [4.78, 5) is 12.9. The van der Waals surface area contributed by atoms with Gasteiger partial charge in [-0.15, -0.1) is 0 Å². The van der Waals surface area contributed by atoms with Crippen molar-refractivity contribution in [3.8, 4) is 0 Å². The van der Waals surface area contributed by atoms with Gasteiger partial charge in [-0.2, -0.15) is 0 Å². The van der Waals surface area contributed by atoms with Crippen molar-refractivity contribution in [2.24, 2.45) is 0 Å². The molecule has 0 aliphatic carbocycles. The van der Waals surface area contributed by atoms with E-state index in [0.717, 1.165) is 13.0 Å². The molecule has 0 bridgehead atoms. The van der Waals surface area contributed by atoms with E-state index in [1.54, 1.807) is 6.92 Å². The normalized spacial score (nSPS) is 12.2. The topological polar surface area (TPSA) is 20.3 Å². The van der Waals surface area contributed by atoms with Gasteiger partial charge in [0.05, 0.1) is 0 Å². The van der Waals surface area contributed by atoms with Gasteiger partial charge in [0.25, 0.3) is 0 Å². The van der Waals surface area contributed by atoms with Gasteiger partial charge in [0.1, 0.15) is 5.78 Å². The summed E-state index contributed by atoms with van der Waals surface area (Å²) in [5.74, 6) is 0.289. The van der Waals surface area contributed by atoms with E-state index in [2.05, 4.69) is 32.7 Å². The van der Waals surface area contributed by atoms with E-state index in [1.165, 1.54) is 0 Å². The third kappa shape index (κ3) is 5.30. The van der Waals surface area contributed by atoms with E-state index in [-0.39, 0.29) is 11.3 Å². The van der Waals surface area contributed by atoms with Gasteiger partial charge in [-0.3, -0.25) is 0 Å². The molecule has 0 atom stereocenters. The Kier molecular flexibility index (Phi) is 4.46. The lowest BCUT2D eigenvalue weighted by Crippen LogP contribution is -2.38. The summed E-state index contributed by atoms with van der Waals surface area (Å²) in [5, 5.41) is 0. The third-order valence-corrected chi connectivity index (χ3v) is 2.17. The number of rotatable bonds is 4. The first kappa shape index (κ1) is 11.6. The van der Waals surface area contributed by atoms with Crippen LogP contribution in [0.5, 0.6) is 0 Å². The molecule has 0 saturated heterocycles. The van der Waals surface area contributed by atoms with E-state index in [9.17, 15) is 4.79 Å². The minimum Gasteiger partial charge on any atom is -0.302 e. The minimum absolute atomic E-state index is 0.219. The fraction of sp³-hybridized carbons (Fsp3) is 0.900. The first-order valence-electron chi connectivity index (χ1n) is 4.54. The lowest BCUT2D eigenvalue weighted by Gasteiger charge is -2.31. The average molecular weight is 171 g/mol. The van der Waals surface area contributed by atoms with Crippen molar-refractivity contribution in [2.45, 2.75) is 46.1 Å². The Bertz CT molecular complexity index is 146. The highest BCUT2D eigenvalue weighted by Gasteiger charge is 2.15. The highest BCUT2D eigenvalue weighted by atomic mass is 16.1. The monoisotopic (exact) mass is 171 g/mol. The molecule has 0 amide bonds. The van der Waals surface area contributed by atoms with Crippen LogP contribution in [-0.2, 0) is 4.79 Å². The van der Waals surface area contributed by atoms with E-state index >= 15 is 0 Å². The number of carbonyl (C=O) groups is 1. The van der Waals surface area contributed by atoms with Crippen LogP contribution in [0.15, 0.2) is 0 Å². The van der Waals surface area contributed by atoms with Crippen molar-refractivity contribution >= 4 is 5.78 Å². The molecule has 0 aliphatic rings. The van der Waals surface area contributed by atoms with Crippen molar-refractivity contribution in [1.29, 1.82) is 0 Å². The lowest BCUT2D eigenvalue weighted by molar-refractivity contribution is -0.117. The van der Waals surface area contributed by atoms with E-state index in [4.69, 9.17) is 0 Å². The molecule has 0 fully saturated rings. The van der Waals surface area contributed by atoms with Crippen LogP contribution < -0.4 is 0 Å². The van der Waals surface area contributed by atoms with Crippen molar-refractivity contribution < 1.29 is 4.79 Å². The van der Waals surface area contributed by atoms with Crippen LogP contribution in [-0.4, -0.2) is 29.8 Å². The molecule has 0 saturated carbocycles. The summed E-state index contributed by atoms with van der Waals surface area (Å²) in [6, 6.07) is 0. The van der Waals surface area contributed by atoms with Crippen molar-refractivity contribution in [1.82, 2.24) is 4.90 Å². The standard InChI is InChI=1S/C10H21NO/c1-9(12)7-6-8-11(5)10(2,3)4/h6-8H2,1-5H3. The summed E-state index contributed by atoms with van der Waals surface area (Å²) in [6.45, 7) is 9.20. The maximum absolute atomic E-state index is 10.7. The summed E-state index contributed by atoms with van der Waals surface area (Å²) < 4.78 is 0. The van der Waals surface area contributed by atoms with Gasteiger partial charge in [-0.05, 0) is 47.7 Å². The van der Waals surface area contributed by atoms with E-state index in [0.29, 0.717) is 6.42 Å². The third-order valence-electron chi connectivity index (χ3n) is 2.17. The lowest BCUT2D eigenvalue weighted by atomic mass is 10.1. The molecule has 0 rings (SSSR count). The SMILES string of the molecule is CC(=O)CCCN(C)C(C)(C)C. The Morgan fingerprint density at radius 2 is 1.83 bits per heavy atom. The van der Waals surface area contributed by atoms with Crippen LogP contribution in [0.2, 0.25) is 0 Å². The maximum Gasteiger partial charge on any atom is 0.129 e. The molecule has 0 unspecified atom stereocenters. The van der Waals surface area contributed by atoms with Crippen LogP contribution in [0.25, 0.3) is 0 Å². The molecule has 72 valence electrons. The number of carbonyl (C=O) groups excluding carboxylic acids is 1. The largest absolute Gasteiger partial charge is 0.302 e. The van der Waals surface area contributed by atoms with Gasteiger partial charge in [0, 0.05) is 12.0 Å². The predicted molar refractivity (Wildman–Crippen MR) is 52.3 cm³/mol. The smallest absolute Gasteiger partial charge is 0.129 e. The minimum atomic E-state index is 0.219. The quantitative estimate of drug-likeness (QED) is 0.645. The number of hydrogen-bond donors (Lipinski definition) is 0. The molecule has 0 aromatic heterocycles. The molecule has 0 radical (unpaired) electrons. The van der Waals surface area contributed by atoms with Crippen molar-refractivity contribution in [3.63, 3.8) is 0 Å². The van der Waals surface area contributed by atoms with Gasteiger partial charge in [-0.25, -0.2) is 0 Å². The van der Waals surface area contributed by atoms with Crippen molar-refractivity contribution in [3.05, 3.63) is 0 Å². The number of nitrogens with zero attached hydrogens (tertiary/aromatic N) is 1. The molecule has 2 nitrogen and oxygen atoms in total. The Balaban J connectivity index is 3.58. The van der Waals surface area contributed by atoms with Gasteiger partial charge < -0.3 is 9.69 Å². The molecule has 0 aromatic rings. The van der Waals surface area contributed by atoms with Crippen molar-refractivity contribution in [2.75, 3.05) is 13.6 Å². The van der Waals surface area contributed by atoms with Gasteiger partial charge in [0.15, 0.2) is 0 Å². The van der Waals surface area contributed by atoms with Crippen LogP contribution in [0.1, 0.15) is 40.5 Å². The zero-order chi connectivity index (χ0) is 9.78. The van der Waals surface area contributed by atoms with Crippen LogP contribution in [0, 0.1) is 0 Å². The Morgan fingerprint density at radius 1 is 1.33 bits per heavy atom. The summed E-state index contributed by atoms with van der Waals surface area (Å²) in [5.41, 5.74) is 0.219. The van der Waals surface area contributed by atoms with Gasteiger partial charge in [0.2, 0.25) is 0 Å². The second-order valence-corrected chi connectivity index (χ2v) is 4.40. The van der Waals surface area contributed by atoms with E-state index in [1.807, 2.05) is 0 Å². The number of ketones is 1. The molecular weight excluding hydrogens is 150 g/mol. The second kappa shape index (κ2) is 4.61. The first-order chi connectivity index (χ1) is 5.34. The second-order valence-electron chi connectivity index (χ2n) is 4.40. The fourth-order valence-electron chi connectivity index (χ4n) is 0.901. The number of Topliss-reactive ketones (excluding diaryl/α,β-unsaturated/α-hetero) is 1. The fourth-order valence-corrected chi connectivity index (χ4v) is 0.901. The summed E-state index contributed by atoms with van der Waals surface area (Å²) in [6.07, 6.45) is 1.68. The average Bonchev–Trinajstić information content (AvgIpc) is 1.84. The molecule has 0 N–H and O–H groups in total. The Morgan fingerprint density at radius 3 is 2.17 bits per heavy atom. The van der Waals surface area contributed by atoms with Crippen LogP contribution in [0.3, 0.4) is 0 Å². The summed E-state index contributed by atoms with van der Waals surface area (Å²) >= 11 is 0. The number of hydrogen-bond acceptors (Lipinski definition) is 2. The molecule has 2 heteroatoms. The summed E-state index contributed by atoms with van der Waals surface area (Å²) in [7, 11) is 2.10. The highest BCUT2D eigenvalue weighted by molar-refractivity contribution is 5.75. The highest BCUT2D eigenvalue weighted by Crippen LogP contribution is 2.10. The van der Waals surface area contributed by atoms with Gasteiger partial charge in [-0.1, -0.05) is 0 Å². The van der Waals surface area contributed by atoms with Gasteiger partial charge >= 0.3 is 0 Å².